The maximum atomic E-state index is 13.7. The lowest BCUT2D eigenvalue weighted by Crippen LogP contribution is -2.48. The maximum absolute atomic E-state index is 13.7. The van der Waals surface area contributed by atoms with Crippen LogP contribution >= 0.6 is 11.3 Å². The molecular formula is C32H38F3N7O3S2. The fourth-order valence-corrected chi connectivity index (χ4v) is 7.56. The first kappa shape index (κ1) is 33.2. The average Bonchev–Trinajstić information content (AvgIpc) is 3.64. The first-order chi connectivity index (χ1) is 22.4. The number of pyridine rings is 1. The van der Waals surface area contributed by atoms with Crippen LogP contribution in [0.25, 0.3) is 16.3 Å². The van der Waals surface area contributed by atoms with Crippen molar-refractivity contribution in [2.75, 3.05) is 42.4 Å². The van der Waals surface area contributed by atoms with Crippen LogP contribution in [-0.4, -0.2) is 67.1 Å². The second-order valence-corrected chi connectivity index (χ2v) is 15.3. The largest absolute Gasteiger partial charge is 0.476 e. The molecule has 15 heteroatoms. The molecule has 47 heavy (non-hydrogen) atoms. The molecule has 1 saturated heterocycles. The molecule has 10 nitrogen and oxygen atoms in total. The van der Waals surface area contributed by atoms with E-state index in [1.165, 1.54) is 16.8 Å². The van der Waals surface area contributed by atoms with Gasteiger partial charge in [0.05, 0.1) is 5.41 Å². The van der Waals surface area contributed by atoms with Gasteiger partial charge in [0.2, 0.25) is 5.88 Å². The highest BCUT2D eigenvalue weighted by Gasteiger charge is 2.48. The predicted octanol–water partition coefficient (Wildman–Crippen LogP) is 6.30. The van der Waals surface area contributed by atoms with Gasteiger partial charge in [-0.25, -0.2) is 14.6 Å². The molecule has 252 valence electrons. The summed E-state index contributed by atoms with van der Waals surface area (Å²) in [5, 5.41) is 8.18. The number of halogens is 3. The quantitative estimate of drug-likeness (QED) is 0.243. The van der Waals surface area contributed by atoms with Crippen molar-refractivity contribution in [2.24, 2.45) is 11.3 Å². The SMILES string of the molecule is CC(C)(COc1ccn(-c2sc3nc2-c2ccccc2CCCCCCN(CC2CNC2)c2cccc(n2)S(=O)(=O)N3)n1)C(F)(F)F. The molecule has 0 saturated carbocycles. The molecule has 1 fully saturated rings. The molecule has 0 spiro atoms. The van der Waals surface area contributed by atoms with Gasteiger partial charge in [-0.15, -0.1) is 5.10 Å². The molecule has 1 aromatic carbocycles. The van der Waals surface area contributed by atoms with E-state index in [9.17, 15) is 21.6 Å². The number of benzene rings is 1. The molecule has 0 aliphatic carbocycles. The second kappa shape index (κ2) is 13.4. The zero-order chi connectivity index (χ0) is 33.2. The Labute approximate surface area is 276 Å². The Morgan fingerprint density at radius 1 is 1.00 bits per heavy atom. The predicted molar refractivity (Wildman–Crippen MR) is 176 cm³/mol. The number of anilines is 2. The van der Waals surface area contributed by atoms with Crippen molar-refractivity contribution < 1.29 is 26.3 Å². The van der Waals surface area contributed by atoms with Gasteiger partial charge in [0.25, 0.3) is 10.0 Å². The van der Waals surface area contributed by atoms with Crippen molar-refractivity contribution in [3.8, 4) is 22.1 Å². The highest BCUT2D eigenvalue weighted by molar-refractivity contribution is 7.92. The zero-order valence-electron chi connectivity index (χ0n) is 26.3. The van der Waals surface area contributed by atoms with Gasteiger partial charge < -0.3 is 15.0 Å². The Kier molecular flexibility index (Phi) is 9.50. The van der Waals surface area contributed by atoms with E-state index in [-0.39, 0.29) is 16.0 Å². The lowest BCUT2D eigenvalue weighted by Gasteiger charge is -2.34. The molecule has 4 bridgehead atoms. The third-order valence-corrected chi connectivity index (χ3v) is 10.8. The Balaban J connectivity index is 1.36. The Hall–Kier alpha value is -3.69. The van der Waals surface area contributed by atoms with Crippen molar-refractivity contribution in [3.05, 3.63) is 60.3 Å². The lowest BCUT2D eigenvalue weighted by atomic mass is 9.94. The summed E-state index contributed by atoms with van der Waals surface area (Å²) in [6, 6.07) is 14.3. The summed E-state index contributed by atoms with van der Waals surface area (Å²) < 4.78 is 77.2. The maximum Gasteiger partial charge on any atom is 0.397 e. The van der Waals surface area contributed by atoms with E-state index >= 15 is 0 Å². The molecule has 3 aromatic heterocycles. The van der Waals surface area contributed by atoms with Crippen LogP contribution in [0.3, 0.4) is 0 Å². The number of aromatic nitrogens is 4. The fourth-order valence-electron chi connectivity index (χ4n) is 5.45. The molecule has 5 heterocycles. The summed E-state index contributed by atoms with van der Waals surface area (Å²) >= 11 is 1.07. The summed E-state index contributed by atoms with van der Waals surface area (Å²) in [5.74, 6) is 1.11. The number of sulfonamides is 1. The van der Waals surface area contributed by atoms with Crippen LogP contribution < -0.4 is 19.7 Å². The summed E-state index contributed by atoms with van der Waals surface area (Å²) in [5.41, 5.74) is 0.305. The fraction of sp³-hybridized carbons (Fsp3) is 0.469. The van der Waals surface area contributed by atoms with Crippen LogP contribution in [0.2, 0.25) is 0 Å². The number of aryl methyl sites for hydroxylation is 1. The van der Waals surface area contributed by atoms with Gasteiger partial charge in [-0.2, -0.15) is 21.6 Å². The van der Waals surface area contributed by atoms with Gasteiger partial charge >= 0.3 is 6.18 Å². The van der Waals surface area contributed by atoms with Gasteiger partial charge in [-0.3, -0.25) is 4.72 Å². The highest BCUT2D eigenvalue weighted by atomic mass is 32.2. The number of ether oxygens (including phenoxy) is 1. The molecule has 0 atom stereocenters. The van der Waals surface area contributed by atoms with Gasteiger partial charge in [-0.1, -0.05) is 54.5 Å². The molecular weight excluding hydrogens is 652 g/mol. The van der Waals surface area contributed by atoms with Crippen molar-refractivity contribution in [3.63, 3.8) is 0 Å². The van der Waals surface area contributed by atoms with Crippen LogP contribution in [-0.2, 0) is 16.4 Å². The standard InChI is InChI=1S/C32H38F3N7O3S2/c1-31(2,32(33,34)35)21-45-26-15-17-42(39-26)29-28-24-12-7-6-11-23(24)10-5-3-4-8-16-41(20-22-18-36-19-22)25-13-9-14-27(37-25)47(43,44)40-30(38-28)46-29/h6-7,9,11-15,17,22,36H,3-5,8,10,16,18-21H2,1-2H3,(H,38,40). The molecule has 2 N–H and O–H groups in total. The van der Waals surface area contributed by atoms with Crippen LogP contribution in [0.4, 0.5) is 24.1 Å². The molecule has 0 amide bonds. The third-order valence-electron chi connectivity index (χ3n) is 8.50. The first-order valence-corrected chi connectivity index (χ1v) is 18.0. The first-order valence-electron chi connectivity index (χ1n) is 15.7. The number of rotatable bonds is 6. The highest BCUT2D eigenvalue weighted by Crippen LogP contribution is 2.39. The number of thiazole rings is 1. The number of hydrogen-bond acceptors (Lipinski definition) is 9. The van der Waals surface area contributed by atoms with E-state index in [1.807, 2.05) is 30.3 Å². The summed E-state index contributed by atoms with van der Waals surface area (Å²) in [6.07, 6.45) is 1.89. The molecule has 2 aliphatic heterocycles. The van der Waals surface area contributed by atoms with Gasteiger partial charge in [0, 0.05) is 49.9 Å². The number of nitrogens with one attached hydrogen (secondary N) is 2. The Bertz CT molecular complexity index is 1800. The summed E-state index contributed by atoms with van der Waals surface area (Å²) in [6.45, 7) is 4.97. The minimum absolute atomic E-state index is 0.00907. The van der Waals surface area contributed by atoms with E-state index in [2.05, 4.69) is 25.0 Å². The van der Waals surface area contributed by atoms with Crippen molar-refractivity contribution >= 4 is 32.3 Å². The van der Waals surface area contributed by atoms with Crippen molar-refractivity contribution in [1.29, 1.82) is 0 Å². The van der Waals surface area contributed by atoms with E-state index in [1.54, 1.807) is 12.3 Å². The minimum atomic E-state index is -4.45. The van der Waals surface area contributed by atoms with Gasteiger partial charge in [0.1, 0.15) is 23.1 Å². The minimum Gasteiger partial charge on any atom is -0.476 e. The van der Waals surface area contributed by atoms with Crippen molar-refractivity contribution in [2.45, 2.75) is 57.2 Å². The number of fused-ring (bicyclic) bond motifs is 6. The molecule has 0 unspecified atom stereocenters. The number of hydrogen-bond donors (Lipinski definition) is 2. The lowest BCUT2D eigenvalue weighted by molar-refractivity contribution is -0.219. The topological polar surface area (TPSA) is 114 Å². The van der Waals surface area contributed by atoms with E-state index in [4.69, 9.17) is 9.72 Å². The van der Waals surface area contributed by atoms with Gasteiger partial charge in [-0.05, 0) is 50.8 Å². The summed E-state index contributed by atoms with van der Waals surface area (Å²) in [4.78, 5) is 11.5. The number of nitrogens with zero attached hydrogens (tertiary/aromatic N) is 5. The second-order valence-electron chi connectivity index (χ2n) is 12.7. The Morgan fingerprint density at radius 2 is 1.79 bits per heavy atom. The molecule has 0 radical (unpaired) electrons. The summed E-state index contributed by atoms with van der Waals surface area (Å²) in [7, 11) is -4.13. The normalized spacial score (nSPS) is 17.7. The molecule has 6 rings (SSSR count). The van der Waals surface area contributed by atoms with Crippen LogP contribution in [0.5, 0.6) is 5.88 Å². The molecule has 4 aromatic rings. The molecule has 2 aliphatic rings. The smallest absolute Gasteiger partial charge is 0.397 e. The number of alkyl halides is 3. The zero-order valence-corrected chi connectivity index (χ0v) is 27.9. The monoisotopic (exact) mass is 689 g/mol. The Morgan fingerprint density at radius 3 is 2.55 bits per heavy atom. The van der Waals surface area contributed by atoms with Crippen LogP contribution in [0.15, 0.2) is 59.8 Å². The third kappa shape index (κ3) is 7.57. The van der Waals surface area contributed by atoms with E-state index < -0.39 is 28.2 Å². The van der Waals surface area contributed by atoms with Crippen molar-refractivity contribution in [1.82, 2.24) is 25.1 Å². The van der Waals surface area contributed by atoms with Crippen LogP contribution in [0, 0.1) is 11.3 Å². The average molecular weight is 690 g/mol. The van der Waals surface area contributed by atoms with E-state index in [0.29, 0.717) is 22.4 Å². The van der Waals surface area contributed by atoms with E-state index in [0.717, 1.165) is 94.6 Å². The van der Waals surface area contributed by atoms with Crippen LogP contribution in [0.1, 0.15) is 45.1 Å². The van der Waals surface area contributed by atoms with Gasteiger partial charge in [0.15, 0.2) is 10.2 Å².